The van der Waals surface area contributed by atoms with E-state index >= 15 is 0 Å². The fourth-order valence-electron chi connectivity index (χ4n) is 4.80. The van der Waals surface area contributed by atoms with Crippen molar-refractivity contribution in [3.63, 3.8) is 0 Å². The fraction of sp³-hybridized carbons (Fsp3) is 0.833. The Labute approximate surface area is 281 Å². The van der Waals surface area contributed by atoms with Gasteiger partial charge >= 0.3 is 19.8 Å². The highest BCUT2D eigenvalue weighted by molar-refractivity contribution is 7.47. The second-order valence-corrected chi connectivity index (χ2v) is 13.5. The summed E-state index contributed by atoms with van der Waals surface area (Å²) in [4.78, 5) is 34.6. The van der Waals surface area contributed by atoms with Crippen LogP contribution in [0.2, 0.25) is 0 Å². The molecule has 3 N–H and O–H groups in total. The molecule has 270 valence electrons. The molecule has 0 aromatic carbocycles. The van der Waals surface area contributed by atoms with Crippen LogP contribution < -0.4 is 5.73 Å². The molecular weight excluding hydrogens is 605 g/mol. The highest BCUT2D eigenvalue weighted by Gasteiger charge is 2.25. The Balaban J connectivity index is 4.28. The zero-order valence-corrected chi connectivity index (χ0v) is 30.2. The van der Waals surface area contributed by atoms with E-state index in [0.717, 1.165) is 70.6 Å². The number of nitrogens with two attached hydrogens (primary N) is 1. The van der Waals surface area contributed by atoms with E-state index in [9.17, 15) is 19.0 Å². The molecule has 0 saturated carbocycles. The van der Waals surface area contributed by atoms with Crippen molar-refractivity contribution in [3.8, 4) is 0 Å². The van der Waals surface area contributed by atoms with Gasteiger partial charge in [0.15, 0.2) is 6.10 Å². The van der Waals surface area contributed by atoms with Crippen molar-refractivity contribution in [1.82, 2.24) is 0 Å². The molecule has 0 fully saturated rings. The first-order valence-electron chi connectivity index (χ1n) is 18.3. The number of allylic oxidation sites excluding steroid dienone is 4. The number of hydrogen-bond donors (Lipinski definition) is 2. The van der Waals surface area contributed by atoms with Gasteiger partial charge in [0.05, 0.1) is 13.2 Å². The molecular formula is C36H68NO8P. The topological polar surface area (TPSA) is 134 Å². The van der Waals surface area contributed by atoms with Gasteiger partial charge in [0.1, 0.15) is 6.61 Å². The van der Waals surface area contributed by atoms with Crippen molar-refractivity contribution in [2.45, 2.75) is 168 Å². The van der Waals surface area contributed by atoms with Crippen LogP contribution >= 0.6 is 7.82 Å². The van der Waals surface area contributed by atoms with Crippen LogP contribution in [0.25, 0.3) is 0 Å². The van der Waals surface area contributed by atoms with Gasteiger partial charge in [-0.15, -0.1) is 0 Å². The van der Waals surface area contributed by atoms with Gasteiger partial charge in [-0.1, -0.05) is 109 Å². The number of hydrogen-bond acceptors (Lipinski definition) is 8. The van der Waals surface area contributed by atoms with Crippen molar-refractivity contribution >= 4 is 19.8 Å². The molecule has 0 aromatic heterocycles. The minimum Gasteiger partial charge on any atom is -0.462 e. The molecule has 0 rings (SSSR count). The summed E-state index contributed by atoms with van der Waals surface area (Å²) in [5.74, 6) is -0.851. The largest absolute Gasteiger partial charge is 0.472 e. The second-order valence-electron chi connectivity index (χ2n) is 12.1. The van der Waals surface area contributed by atoms with E-state index in [1.165, 1.54) is 57.8 Å². The first-order chi connectivity index (χ1) is 22.3. The van der Waals surface area contributed by atoms with Gasteiger partial charge in [0, 0.05) is 19.4 Å². The van der Waals surface area contributed by atoms with Crippen molar-refractivity contribution in [1.29, 1.82) is 0 Å². The molecule has 0 aliphatic carbocycles. The van der Waals surface area contributed by atoms with Gasteiger partial charge in [0.2, 0.25) is 0 Å². The van der Waals surface area contributed by atoms with Gasteiger partial charge in [-0.25, -0.2) is 4.57 Å². The molecule has 2 atom stereocenters. The summed E-state index contributed by atoms with van der Waals surface area (Å²) in [5, 5.41) is 0. The quantitative estimate of drug-likeness (QED) is 0.0296. The van der Waals surface area contributed by atoms with Crippen molar-refractivity contribution in [2.24, 2.45) is 5.73 Å². The summed E-state index contributed by atoms with van der Waals surface area (Å²) in [7, 11) is -4.37. The number of carbonyl (C=O) groups is 2. The molecule has 1 unspecified atom stereocenters. The maximum atomic E-state index is 12.5. The summed E-state index contributed by atoms with van der Waals surface area (Å²) >= 11 is 0. The lowest BCUT2D eigenvalue weighted by Gasteiger charge is -2.19. The predicted octanol–water partition coefficient (Wildman–Crippen LogP) is 9.66. The lowest BCUT2D eigenvalue weighted by atomic mass is 10.1. The third-order valence-corrected chi connectivity index (χ3v) is 8.54. The molecule has 46 heavy (non-hydrogen) atoms. The van der Waals surface area contributed by atoms with Crippen LogP contribution in [-0.4, -0.2) is 49.3 Å². The fourth-order valence-corrected chi connectivity index (χ4v) is 5.56. The molecule has 0 aliphatic rings. The maximum Gasteiger partial charge on any atom is 0.472 e. The Morgan fingerprint density at radius 3 is 1.59 bits per heavy atom. The van der Waals surface area contributed by atoms with E-state index < -0.39 is 32.5 Å². The van der Waals surface area contributed by atoms with Crippen LogP contribution in [-0.2, 0) is 32.7 Å². The van der Waals surface area contributed by atoms with Crippen molar-refractivity contribution in [2.75, 3.05) is 26.4 Å². The predicted molar refractivity (Wildman–Crippen MR) is 187 cm³/mol. The Morgan fingerprint density at radius 2 is 1.07 bits per heavy atom. The molecule has 0 radical (unpaired) electrons. The first kappa shape index (κ1) is 44.5. The van der Waals surface area contributed by atoms with Gasteiger partial charge < -0.3 is 20.1 Å². The molecule has 0 spiro atoms. The number of esters is 2. The zero-order chi connectivity index (χ0) is 34.0. The molecule has 0 saturated heterocycles. The Morgan fingerprint density at radius 1 is 0.630 bits per heavy atom. The molecule has 0 heterocycles. The minimum absolute atomic E-state index is 0.0515. The van der Waals surface area contributed by atoms with E-state index in [1.807, 2.05) is 0 Å². The molecule has 10 heteroatoms. The van der Waals surface area contributed by atoms with Crippen molar-refractivity contribution in [3.05, 3.63) is 24.3 Å². The normalized spacial score (nSPS) is 13.7. The van der Waals surface area contributed by atoms with Crippen LogP contribution in [0.4, 0.5) is 0 Å². The van der Waals surface area contributed by atoms with E-state index in [4.69, 9.17) is 24.3 Å². The van der Waals surface area contributed by atoms with E-state index in [2.05, 4.69) is 38.2 Å². The van der Waals surface area contributed by atoms with Crippen LogP contribution in [0.5, 0.6) is 0 Å². The Hall–Kier alpha value is -1.51. The third kappa shape index (κ3) is 32.4. The number of ether oxygens (including phenoxy) is 2. The molecule has 9 nitrogen and oxygen atoms in total. The van der Waals surface area contributed by atoms with Gasteiger partial charge in [-0.05, 0) is 64.2 Å². The van der Waals surface area contributed by atoms with Crippen LogP contribution in [0.1, 0.15) is 162 Å². The Kier molecular flexibility index (Phi) is 32.3. The summed E-state index contributed by atoms with van der Waals surface area (Å²) in [5.41, 5.74) is 5.32. The monoisotopic (exact) mass is 673 g/mol. The van der Waals surface area contributed by atoms with Crippen LogP contribution in [0.3, 0.4) is 0 Å². The van der Waals surface area contributed by atoms with E-state index in [1.54, 1.807) is 0 Å². The summed E-state index contributed by atoms with van der Waals surface area (Å²) in [6.07, 6.45) is 32.0. The number of phosphoric ester groups is 1. The number of unbranched alkanes of at least 4 members (excludes halogenated alkanes) is 17. The minimum atomic E-state index is -4.37. The summed E-state index contributed by atoms with van der Waals surface area (Å²) < 4.78 is 32.6. The number of phosphoric acid groups is 1. The van der Waals surface area contributed by atoms with Crippen LogP contribution in [0, 0.1) is 0 Å². The average Bonchev–Trinajstić information content (AvgIpc) is 3.04. The van der Waals surface area contributed by atoms with E-state index in [0.29, 0.717) is 6.42 Å². The highest BCUT2D eigenvalue weighted by Crippen LogP contribution is 2.43. The van der Waals surface area contributed by atoms with Gasteiger partial charge in [-0.2, -0.15) is 0 Å². The van der Waals surface area contributed by atoms with Crippen LogP contribution in [0.15, 0.2) is 24.3 Å². The Bertz CT molecular complexity index is 820. The molecule has 0 aliphatic heterocycles. The smallest absolute Gasteiger partial charge is 0.462 e. The maximum absolute atomic E-state index is 12.5. The lowest BCUT2D eigenvalue weighted by Crippen LogP contribution is -2.29. The van der Waals surface area contributed by atoms with Gasteiger partial charge in [-0.3, -0.25) is 18.6 Å². The molecule has 0 aromatic rings. The molecule has 0 bridgehead atoms. The van der Waals surface area contributed by atoms with E-state index in [-0.39, 0.29) is 32.6 Å². The summed E-state index contributed by atoms with van der Waals surface area (Å²) in [6, 6.07) is 0. The van der Waals surface area contributed by atoms with Crippen molar-refractivity contribution < 1.29 is 37.6 Å². The third-order valence-electron chi connectivity index (χ3n) is 7.56. The first-order valence-corrected chi connectivity index (χ1v) is 19.8. The number of rotatable bonds is 34. The number of carbonyl (C=O) groups excluding carboxylic acids is 2. The standard InChI is InChI=1S/C36H68NO8P/c1-3-5-7-9-11-13-15-17-19-21-23-25-27-29-36(39)45-34(33-44-46(40,41)43-31-30-37)32-42-35(38)28-26-24-22-20-18-16-14-12-10-8-6-4-2/h12-15,34H,3-11,16-33,37H2,1-2H3,(H,40,41)/b14-12-,15-13-/t34-/m1/s1. The second kappa shape index (κ2) is 33.4. The molecule has 0 amide bonds. The highest BCUT2D eigenvalue weighted by atomic mass is 31.2. The average molecular weight is 674 g/mol. The van der Waals surface area contributed by atoms with Gasteiger partial charge in [0.25, 0.3) is 0 Å². The lowest BCUT2D eigenvalue weighted by molar-refractivity contribution is -0.161. The SMILES string of the molecule is CCCCC/C=C\CCCCCCCC(=O)OC[C@H](COP(=O)(O)OCCN)OC(=O)CCCCCCC/C=C\CCCCCC. The zero-order valence-electron chi connectivity index (χ0n) is 29.3. The summed E-state index contributed by atoms with van der Waals surface area (Å²) in [6.45, 7) is 3.65.